The Hall–Kier alpha value is -1.65. The fraction of sp³-hybridized carbons (Fsp3) is 0.267. The van der Waals surface area contributed by atoms with Crippen LogP contribution < -0.4 is 5.32 Å². The second kappa shape index (κ2) is 6.50. The third kappa shape index (κ3) is 3.91. The molecule has 3 nitrogen and oxygen atoms in total. The Morgan fingerprint density at radius 1 is 1.21 bits per heavy atom. The van der Waals surface area contributed by atoms with Gasteiger partial charge in [-0.3, -0.25) is 4.79 Å². The van der Waals surface area contributed by atoms with Gasteiger partial charge in [0.1, 0.15) is 0 Å². The molecular weight excluding hydrogens is 256 g/mol. The predicted octanol–water partition coefficient (Wildman–Crippen LogP) is 2.74. The van der Waals surface area contributed by atoms with Gasteiger partial charge in [0.05, 0.1) is 0 Å². The van der Waals surface area contributed by atoms with Gasteiger partial charge in [0, 0.05) is 24.0 Å². The van der Waals surface area contributed by atoms with Crippen LogP contribution in [0.15, 0.2) is 41.1 Å². The van der Waals surface area contributed by atoms with Crippen LogP contribution in [0, 0.1) is 0 Å². The fourth-order valence-electron chi connectivity index (χ4n) is 1.90. The maximum atomic E-state index is 11.9. The molecule has 0 aliphatic heterocycles. The van der Waals surface area contributed by atoms with E-state index in [1.54, 1.807) is 0 Å². The SMILES string of the molecule is CN(C)Cc1ccccc1CNC(=O)c1ccsc1. The highest BCUT2D eigenvalue weighted by Crippen LogP contribution is 2.11. The van der Waals surface area contributed by atoms with Crippen LogP contribution in [0.25, 0.3) is 0 Å². The van der Waals surface area contributed by atoms with Crippen LogP contribution in [-0.4, -0.2) is 24.9 Å². The van der Waals surface area contributed by atoms with E-state index in [2.05, 4.69) is 22.3 Å². The Kier molecular flexibility index (Phi) is 4.71. The van der Waals surface area contributed by atoms with Crippen molar-refractivity contribution in [3.05, 3.63) is 57.8 Å². The normalized spacial score (nSPS) is 10.7. The third-order valence-corrected chi connectivity index (χ3v) is 3.51. The van der Waals surface area contributed by atoms with Crippen LogP contribution >= 0.6 is 11.3 Å². The van der Waals surface area contributed by atoms with Gasteiger partial charge in [-0.05, 0) is 36.7 Å². The molecule has 0 fully saturated rings. The van der Waals surface area contributed by atoms with E-state index < -0.39 is 0 Å². The summed E-state index contributed by atoms with van der Waals surface area (Å²) in [7, 11) is 4.08. The molecule has 0 spiro atoms. The summed E-state index contributed by atoms with van der Waals surface area (Å²) in [6, 6.07) is 10.0. The number of hydrogen-bond donors (Lipinski definition) is 1. The molecule has 0 unspecified atom stereocenters. The summed E-state index contributed by atoms with van der Waals surface area (Å²) in [5.41, 5.74) is 3.15. The average Bonchev–Trinajstić information content (AvgIpc) is 2.90. The van der Waals surface area contributed by atoms with Crippen LogP contribution in [0.1, 0.15) is 21.5 Å². The van der Waals surface area contributed by atoms with Crippen LogP contribution in [0.5, 0.6) is 0 Å². The van der Waals surface area contributed by atoms with Crippen LogP contribution in [0.2, 0.25) is 0 Å². The van der Waals surface area contributed by atoms with Crippen molar-refractivity contribution in [3.63, 3.8) is 0 Å². The summed E-state index contributed by atoms with van der Waals surface area (Å²) in [6.07, 6.45) is 0. The molecule has 4 heteroatoms. The number of hydrogen-bond acceptors (Lipinski definition) is 3. The molecule has 1 N–H and O–H groups in total. The summed E-state index contributed by atoms with van der Waals surface area (Å²) in [6.45, 7) is 1.45. The maximum Gasteiger partial charge on any atom is 0.252 e. The average molecular weight is 274 g/mol. The van der Waals surface area contributed by atoms with E-state index in [0.717, 1.165) is 12.1 Å². The first kappa shape index (κ1) is 13.8. The summed E-state index contributed by atoms with van der Waals surface area (Å²) in [5.74, 6) is -0.0130. The van der Waals surface area contributed by atoms with Gasteiger partial charge < -0.3 is 10.2 Å². The molecule has 1 aromatic carbocycles. The van der Waals surface area contributed by atoms with Gasteiger partial charge in [0.15, 0.2) is 0 Å². The van der Waals surface area contributed by atoms with Gasteiger partial charge >= 0.3 is 0 Å². The maximum absolute atomic E-state index is 11.9. The summed E-state index contributed by atoms with van der Waals surface area (Å²) in [5, 5.41) is 6.74. The molecule has 100 valence electrons. The number of thiophene rings is 1. The molecule has 19 heavy (non-hydrogen) atoms. The molecule has 2 rings (SSSR count). The molecule has 0 saturated carbocycles. The number of benzene rings is 1. The van der Waals surface area contributed by atoms with E-state index in [0.29, 0.717) is 6.54 Å². The molecule has 0 radical (unpaired) electrons. The smallest absolute Gasteiger partial charge is 0.252 e. The zero-order valence-corrected chi connectivity index (χ0v) is 12.0. The molecule has 1 amide bonds. The van der Waals surface area contributed by atoms with Gasteiger partial charge in [-0.15, -0.1) is 0 Å². The highest BCUT2D eigenvalue weighted by atomic mass is 32.1. The Balaban J connectivity index is 2.01. The Morgan fingerprint density at radius 2 is 1.95 bits per heavy atom. The molecule has 0 saturated heterocycles. The van der Waals surface area contributed by atoms with E-state index in [-0.39, 0.29) is 5.91 Å². The number of rotatable bonds is 5. The van der Waals surface area contributed by atoms with Crippen molar-refractivity contribution in [3.8, 4) is 0 Å². The lowest BCUT2D eigenvalue weighted by molar-refractivity contribution is 0.0951. The summed E-state index contributed by atoms with van der Waals surface area (Å²) < 4.78 is 0. The molecule has 0 atom stereocenters. The molecule has 2 aromatic rings. The molecule has 0 aliphatic rings. The second-order valence-electron chi connectivity index (χ2n) is 4.70. The van der Waals surface area contributed by atoms with E-state index in [4.69, 9.17) is 0 Å². The van der Waals surface area contributed by atoms with E-state index in [9.17, 15) is 4.79 Å². The Labute approximate surface area is 117 Å². The minimum Gasteiger partial charge on any atom is -0.348 e. The van der Waals surface area contributed by atoms with Crippen molar-refractivity contribution in [2.24, 2.45) is 0 Å². The Bertz CT molecular complexity index is 535. The van der Waals surface area contributed by atoms with Crippen molar-refractivity contribution >= 4 is 17.2 Å². The van der Waals surface area contributed by atoms with Crippen molar-refractivity contribution < 1.29 is 4.79 Å². The number of nitrogens with one attached hydrogen (secondary N) is 1. The van der Waals surface area contributed by atoms with Crippen LogP contribution in [-0.2, 0) is 13.1 Å². The van der Waals surface area contributed by atoms with Gasteiger partial charge in [0.2, 0.25) is 0 Å². The number of carbonyl (C=O) groups excluding carboxylic acids is 1. The van der Waals surface area contributed by atoms with Crippen molar-refractivity contribution in [1.29, 1.82) is 0 Å². The first-order valence-corrected chi connectivity index (χ1v) is 7.13. The quantitative estimate of drug-likeness (QED) is 0.909. The van der Waals surface area contributed by atoms with Crippen molar-refractivity contribution in [1.82, 2.24) is 10.2 Å². The van der Waals surface area contributed by atoms with Gasteiger partial charge in [0.25, 0.3) is 5.91 Å². The van der Waals surface area contributed by atoms with Crippen LogP contribution in [0.4, 0.5) is 0 Å². The highest BCUT2D eigenvalue weighted by Gasteiger charge is 2.07. The Morgan fingerprint density at radius 3 is 2.58 bits per heavy atom. The third-order valence-electron chi connectivity index (χ3n) is 2.83. The molecular formula is C15H18N2OS. The zero-order chi connectivity index (χ0) is 13.7. The van der Waals surface area contributed by atoms with E-state index >= 15 is 0 Å². The lowest BCUT2D eigenvalue weighted by Crippen LogP contribution is -2.23. The van der Waals surface area contributed by atoms with Crippen molar-refractivity contribution in [2.75, 3.05) is 14.1 Å². The van der Waals surface area contributed by atoms with Gasteiger partial charge in [-0.2, -0.15) is 11.3 Å². The monoisotopic (exact) mass is 274 g/mol. The lowest BCUT2D eigenvalue weighted by atomic mass is 10.1. The van der Waals surface area contributed by atoms with Crippen molar-refractivity contribution in [2.45, 2.75) is 13.1 Å². The first-order valence-electron chi connectivity index (χ1n) is 6.18. The minimum absolute atomic E-state index is 0.0130. The van der Waals surface area contributed by atoms with Crippen LogP contribution in [0.3, 0.4) is 0 Å². The molecule has 1 heterocycles. The molecule has 1 aromatic heterocycles. The van der Waals surface area contributed by atoms with E-state index in [1.165, 1.54) is 22.5 Å². The lowest BCUT2D eigenvalue weighted by Gasteiger charge is -2.14. The fourth-order valence-corrected chi connectivity index (χ4v) is 2.53. The van der Waals surface area contributed by atoms with Gasteiger partial charge in [-0.25, -0.2) is 0 Å². The molecule has 0 bridgehead atoms. The summed E-state index contributed by atoms with van der Waals surface area (Å²) in [4.78, 5) is 14.0. The predicted molar refractivity (Wildman–Crippen MR) is 79.3 cm³/mol. The topological polar surface area (TPSA) is 32.3 Å². The number of carbonyl (C=O) groups is 1. The van der Waals surface area contributed by atoms with Gasteiger partial charge in [-0.1, -0.05) is 24.3 Å². The highest BCUT2D eigenvalue weighted by molar-refractivity contribution is 7.08. The summed E-state index contributed by atoms with van der Waals surface area (Å²) >= 11 is 1.53. The number of amides is 1. The molecule has 0 aliphatic carbocycles. The largest absolute Gasteiger partial charge is 0.348 e. The van der Waals surface area contributed by atoms with E-state index in [1.807, 2.05) is 43.1 Å². The second-order valence-corrected chi connectivity index (χ2v) is 5.48. The standard InChI is InChI=1S/C15H18N2OS/c1-17(2)10-13-6-4-3-5-12(13)9-16-15(18)14-7-8-19-11-14/h3-8,11H,9-10H2,1-2H3,(H,16,18). The zero-order valence-electron chi connectivity index (χ0n) is 11.2. The first-order chi connectivity index (χ1) is 9.16. The number of nitrogens with zero attached hydrogens (tertiary/aromatic N) is 1. The minimum atomic E-state index is -0.0130.